The molecule has 1 saturated heterocycles. The highest BCUT2D eigenvalue weighted by Gasteiger charge is 2.27. The molecule has 1 fully saturated rings. The molecule has 0 amide bonds. The molecule has 2 rings (SSSR count). The number of hydrogen-bond donors (Lipinski definition) is 2. The summed E-state index contributed by atoms with van der Waals surface area (Å²) in [4.78, 5) is 4.21. The van der Waals surface area contributed by atoms with E-state index in [0.717, 1.165) is 12.8 Å². The number of halogens is 1. The van der Waals surface area contributed by atoms with Crippen molar-refractivity contribution in [2.24, 2.45) is 4.99 Å². The van der Waals surface area contributed by atoms with Crippen molar-refractivity contribution in [3.8, 4) is 5.75 Å². The van der Waals surface area contributed by atoms with E-state index in [4.69, 9.17) is 4.74 Å². The number of sulfonamides is 1. The van der Waals surface area contributed by atoms with E-state index in [1.54, 1.807) is 29.6 Å². The van der Waals surface area contributed by atoms with Crippen LogP contribution < -0.4 is 15.4 Å². The number of ether oxygens (including phenoxy) is 1. The molecule has 7 nitrogen and oxygen atoms in total. The van der Waals surface area contributed by atoms with Gasteiger partial charge in [-0.15, -0.1) is 0 Å². The van der Waals surface area contributed by atoms with E-state index in [-0.39, 0.29) is 29.5 Å². The molecule has 1 heterocycles. The van der Waals surface area contributed by atoms with Gasteiger partial charge >= 0.3 is 0 Å². The van der Waals surface area contributed by atoms with Gasteiger partial charge in [0.1, 0.15) is 6.10 Å². The number of rotatable bonds is 8. The number of benzene rings is 1. The summed E-state index contributed by atoms with van der Waals surface area (Å²) >= 11 is 0. The zero-order valence-corrected chi connectivity index (χ0v) is 17.6. The van der Waals surface area contributed by atoms with Gasteiger partial charge in [-0.25, -0.2) is 17.1 Å². The van der Waals surface area contributed by atoms with E-state index >= 15 is 0 Å². The minimum Gasteiger partial charge on any atom is -0.486 e. The quantitative estimate of drug-likeness (QED) is 0.502. The molecule has 28 heavy (non-hydrogen) atoms. The largest absolute Gasteiger partial charge is 0.486 e. The number of para-hydroxylation sites is 1. The molecule has 1 aromatic carbocycles. The summed E-state index contributed by atoms with van der Waals surface area (Å²) in [5, 5.41) is 6.51. The van der Waals surface area contributed by atoms with Crippen molar-refractivity contribution < 1.29 is 17.5 Å². The Hall–Kier alpha value is -1.87. The number of hydrogen-bond acceptors (Lipinski definition) is 4. The Balaban J connectivity index is 1.77. The van der Waals surface area contributed by atoms with E-state index in [1.165, 1.54) is 6.07 Å². The molecule has 0 aromatic heterocycles. The highest BCUT2D eigenvalue weighted by atomic mass is 32.2. The third kappa shape index (κ3) is 6.63. The van der Waals surface area contributed by atoms with Gasteiger partial charge in [-0.3, -0.25) is 4.99 Å². The van der Waals surface area contributed by atoms with Gasteiger partial charge in [-0.2, -0.15) is 0 Å². The first-order valence-electron chi connectivity index (χ1n) is 9.72. The molecule has 158 valence electrons. The first-order chi connectivity index (χ1) is 13.4. The van der Waals surface area contributed by atoms with Crippen LogP contribution in [-0.4, -0.2) is 63.3 Å². The smallest absolute Gasteiger partial charge is 0.214 e. The zero-order valence-electron chi connectivity index (χ0n) is 16.8. The summed E-state index contributed by atoms with van der Waals surface area (Å²) in [6.07, 6.45) is 1.83. The maximum absolute atomic E-state index is 13.7. The van der Waals surface area contributed by atoms with Crippen LogP contribution in [0.25, 0.3) is 0 Å². The molecule has 1 aliphatic heterocycles. The summed E-state index contributed by atoms with van der Waals surface area (Å²) in [7, 11) is -1.45. The molecule has 0 radical (unpaired) electrons. The van der Waals surface area contributed by atoms with Crippen LogP contribution in [0.3, 0.4) is 0 Å². The Bertz CT molecular complexity index is 749. The lowest BCUT2D eigenvalue weighted by Gasteiger charge is -2.32. The molecule has 1 aliphatic rings. The van der Waals surface area contributed by atoms with Gasteiger partial charge in [0.25, 0.3) is 0 Å². The summed E-state index contributed by atoms with van der Waals surface area (Å²) in [6.45, 7) is 5.22. The van der Waals surface area contributed by atoms with Crippen molar-refractivity contribution in [1.82, 2.24) is 14.9 Å². The summed E-state index contributed by atoms with van der Waals surface area (Å²) < 4.78 is 45.2. The summed E-state index contributed by atoms with van der Waals surface area (Å²) in [5.74, 6) is 0.662. The van der Waals surface area contributed by atoms with Crippen LogP contribution in [0.4, 0.5) is 4.39 Å². The second-order valence-corrected chi connectivity index (χ2v) is 9.03. The predicted molar refractivity (Wildman–Crippen MR) is 110 cm³/mol. The Kier molecular flexibility index (Phi) is 8.50. The summed E-state index contributed by atoms with van der Waals surface area (Å²) in [6, 6.07) is 6.46. The van der Waals surface area contributed by atoms with Gasteiger partial charge in [0.2, 0.25) is 10.0 Å². The van der Waals surface area contributed by atoms with Crippen molar-refractivity contribution >= 4 is 16.0 Å². The lowest BCUT2D eigenvalue weighted by molar-refractivity contribution is 0.213. The molecule has 1 aromatic rings. The molecule has 2 N–H and O–H groups in total. The number of aliphatic imine (C=N–C) groups is 1. The van der Waals surface area contributed by atoms with Crippen molar-refractivity contribution in [3.63, 3.8) is 0 Å². The third-order valence-corrected chi connectivity index (χ3v) is 6.67. The maximum Gasteiger partial charge on any atom is 0.214 e. The Labute approximate surface area is 167 Å². The molecule has 0 saturated carbocycles. The van der Waals surface area contributed by atoms with E-state index in [2.05, 4.69) is 15.6 Å². The van der Waals surface area contributed by atoms with Gasteiger partial charge in [-0.05, 0) is 38.3 Å². The molecule has 0 spiro atoms. The van der Waals surface area contributed by atoms with Crippen LogP contribution >= 0.6 is 0 Å². The first-order valence-corrected chi connectivity index (χ1v) is 11.3. The maximum atomic E-state index is 13.7. The first kappa shape index (κ1) is 22.4. The second-order valence-electron chi connectivity index (χ2n) is 6.95. The van der Waals surface area contributed by atoms with E-state index in [1.807, 2.05) is 13.8 Å². The second kappa shape index (κ2) is 10.6. The Morgan fingerprint density at radius 3 is 2.64 bits per heavy atom. The van der Waals surface area contributed by atoms with Crippen LogP contribution in [0.2, 0.25) is 0 Å². The summed E-state index contributed by atoms with van der Waals surface area (Å²) in [5.41, 5.74) is 0. The van der Waals surface area contributed by atoms with Crippen LogP contribution in [0, 0.1) is 5.82 Å². The van der Waals surface area contributed by atoms with Crippen LogP contribution in [-0.2, 0) is 10.0 Å². The minimum absolute atomic E-state index is 0.155. The van der Waals surface area contributed by atoms with Crippen LogP contribution in [0.15, 0.2) is 29.3 Å². The lowest BCUT2D eigenvalue weighted by atomic mass is 10.1. The van der Waals surface area contributed by atoms with Crippen LogP contribution in [0.5, 0.6) is 5.75 Å². The van der Waals surface area contributed by atoms with Gasteiger partial charge in [0.05, 0.1) is 12.3 Å². The van der Waals surface area contributed by atoms with Gasteiger partial charge in [0, 0.05) is 26.2 Å². The number of piperidine rings is 1. The molecule has 9 heteroatoms. The fourth-order valence-corrected chi connectivity index (χ4v) is 4.63. The highest BCUT2D eigenvalue weighted by Crippen LogP contribution is 2.17. The van der Waals surface area contributed by atoms with Crippen LogP contribution in [0.1, 0.15) is 33.1 Å². The molecule has 0 bridgehead atoms. The SMILES string of the molecule is CCCS(=O)(=O)N1CCC(NC(=NC)NCC(C)Oc2ccccc2F)CC1. The standard InChI is InChI=1S/C19H31FN4O3S/c1-4-13-28(25,26)24-11-9-16(10-12-24)23-19(21-3)22-14-15(2)27-18-8-6-5-7-17(18)20/h5-8,15-16H,4,9-14H2,1-3H3,(H2,21,22,23). The normalized spacial score (nSPS) is 17.9. The monoisotopic (exact) mass is 414 g/mol. The Morgan fingerprint density at radius 1 is 1.36 bits per heavy atom. The van der Waals surface area contributed by atoms with Gasteiger partial charge < -0.3 is 15.4 Å². The average Bonchev–Trinajstić information content (AvgIpc) is 2.67. The van der Waals surface area contributed by atoms with Crippen molar-refractivity contribution in [2.45, 2.75) is 45.3 Å². The van der Waals surface area contributed by atoms with Gasteiger partial charge in [0.15, 0.2) is 17.5 Å². The van der Waals surface area contributed by atoms with Crippen molar-refractivity contribution in [1.29, 1.82) is 0 Å². The number of nitrogens with one attached hydrogen (secondary N) is 2. The van der Waals surface area contributed by atoms with Gasteiger partial charge in [-0.1, -0.05) is 19.1 Å². The Morgan fingerprint density at radius 2 is 2.04 bits per heavy atom. The van der Waals surface area contributed by atoms with E-state index < -0.39 is 10.0 Å². The predicted octanol–water partition coefficient (Wildman–Crippen LogP) is 1.96. The molecule has 1 atom stereocenters. The lowest BCUT2D eigenvalue weighted by Crippen LogP contribution is -2.51. The van der Waals surface area contributed by atoms with E-state index in [0.29, 0.717) is 32.0 Å². The molecule has 0 aliphatic carbocycles. The number of nitrogens with zero attached hydrogens (tertiary/aromatic N) is 2. The minimum atomic E-state index is -3.13. The number of guanidine groups is 1. The average molecular weight is 415 g/mol. The molecule has 1 unspecified atom stereocenters. The van der Waals surface area contributed by atoms with Crippen molar-refractivity contribution in [2.75, 3.05) is 32.4 Å². The zero-order chi connectivity index (χ0) is 20.6. The van der Waals surface area contributed by atoms with E-state index in [9.17, 15) is 12.8 Å². The van der Waals surface area contributed by atoms with Crippen molar-refractivity contribution in [3.05, 3.63) is 30.1 Å². The fourth-order valence-electron chi connectivity index (χ4n) is 3.09. The third-order valence-electron chi connectivity index (χ3n) is 4.60. The molecular formula is C19H31FN4O3S. The fraction of sp³-hybridized carbons (Fsp3) is 0.632. The molecular weight excluding hydrogens is 383 g/mol. The highest BCUT2D eigenvalue weighted by molar-refractivity contribution is 7.89. The topological polar surface area (TPSA) is 83.0 Å².